The van der Waals surface area contributed by atoms with E-state index in [1.807, 2.05) is 5.32 Å². The van der Waals surface area contributed by atoms with Gasteiger partial charge in [0.15, 0.2) is 17.5 Å². The molecule has 0 radical (unpaired) electrons. The fourth-order valence-electron chi connectivity index (χ4n) is 1.24. The van der Waals surface area contributed by atoms with Crippen LogP contribution in [0.15, 0.2) is 12.1 Å². The molecular weight excluding hydrogens is 263 g/mol. The van der Waals surface area contributed by atoms with Crippen molar-refractivity contribution in [2.45, 2.75) is 13.0 Å². The van der Waals surface area contributed by atoms with E-state index in [1.54, 1.807) is 0 Å². The van der Waals surface area contributed by atoms with Crippen LogP contribution in [0.5, 0.6) is 0 Å². The summed E-state index contributed by atoms with van der Waals surface area (Å²) in [5.41, 5.74) is -0.115. The first kappa shape index (κ1) is 14.8. The number of halogens is 3. The number of hydrogen-bond acceptors (Lipinski definition) is 3. The Hall–Kier alpha value is -2.25. The minimum atomic E-state index is -1.59. The number of hydrogen-bond donors (Lipinski definition) is 3. The van der Waals surface area contributed by atoms with Crippen LogP contribution in [0.1, 0.15) is 6.92 Å². The molecule has 19 heavy (non-hydrogen) atoms. The number of anilines is 1. The molecule has 0 fully saturated rings. The van der Waals surface area contributed by atoms with E-state index in [9.17, 15) is 22.8 Å². The number of imide groups is 1. The van der Waals surface area contributed by atoms with E-state index < -0.39 is 35.4 Å². The molecule has 0 heterocycles. The topological polar surface area (TPSA) is 70.2 Å². The Balaban J connectivity index is 2.74. The van der Waals surface area contributed by atoms with E-state index in [4.69, 9.17) is 0 Å². The van der Waals surface area contributed by atoms with Gasteiger partial charge in [-0.05, 0) is 6.92 Å². The molecule has 0 saturated carbocycles. The molecule has 0 spiro atoms. The largest absolute Gasteiger partial charge is 0.374 e. The molecule has 1 aromatic carbocycles. The molecule has 104 valence electrons. The molecule has 3 N–H and O–H groups in total. The summed E-state index contributed by atoms with van der Waals surface area (Å²) in [5.74, 6) is -5.04. The lowest BCUT2D eigenvalue weighted by molar-refractivity contribution is -0.120. The summed E-state index contributed by atoms with van der Waals surface area (Å²) in [7, 11) is 1.32. The lowest BCUT2D eigenvalue weighted by Gasteiger charge is -2.14. The van der Waals surface area contributed by atoms with E-state index >= 15 is 0 Å². The van der Waals surface area contributed by atoms with Crippen molar-refractivity contribution in [1.29, 1.82) is 0 Å². The predicted octanol–water partition coefficient (Wildman–Crippen LogP) is 1.36. The first-order chi connectivity index (χ1) is 8.85. The van der Waals surface area contributed by atoms with Gasteiger partial charge in [-0.1, -0.05) is 0 Å². The van der Waals surface area contributed by atoms with Crippen LogP contribution in [0, 0.1) is 17.5 Å². The van der Waals surface area contributed by atoms with Crippen molar-refractivity contribution in [2.24, 2.45) is 0 Å². The third-order valence-corrected chi connectivity index (χ3v) is 2.22. The zero-order chi connectivity index (χ0) is 14.6. The zero-order valence-corrected chi connectivity index (χ0v) is 10.2. The van der Waals surface area contributed by atoms with E-state index in [0.29, 0.717) is 12.1 Å². The van der Waals surface area contributed by atoms with Gasteiger partial charge in [0.1, 0.15) is 6.04 Å². The summed E-state index contributed by atoms with van der Waals surface area (Å²) < 4.78 is 38.6. The molecule has 0 aliphatic heterocycles. The monoisotopic (exact) mass is 275 g/mol. The standard InChI is InChI=1S/C11H12F3N3O2/c1-5(10(18)17-11(19)15-2)16-6-3-7(12)9(14)8(13)4-6/h3-5,16H,1-2H3,(H2,15,17,18,19). The van der Waals surface area contributed by atoms with Gasteiger partial charge in [-0.15, -0.1) is 0 Å². The summed E-state index contributed by atoms with van der Waals surface area (Å²) in [4.78, 5) is 22.3. The van der Waals surface area contributed by atoms with Crippen molar-refractivity contribution in [3.8, 4) is 0 Å². The normalized spacial score (nSPS) is 11.6. The van der Waals surface area contributed by atoms with Crippen LogP contribution >= 0.6 is 0 Å². The lowest BCUT2D eigenvalue weighted by Crippen LogP contribution is -2.44. The molecule has 0 saturated heterocycles. The molecule has 0 aliphatic carbocycles. The van der Waals surface area contributed by atoms with E-state index in [0.717, 1.165) is 0 Å². The Labute approximate surface area is 107 Å². The molecule has 5 nitrogen and oxygen atoms in total. The van der Waals surface area contributed by atoms with Crippen LogP contribution in [0.4, 0.5) is 23.7 Å². The number of amides is 3. The highest BCUT2D eigenvalue weighted by Crippen LogP contribution is 2.17. The first-order valence-corrected chi connectivity index (χ1v) is 5.28. The Morgan fingerprint density at radius 3 is 2.16 bits per heavy atom. The molecule has 1 atom stereocenters. The molecule has 8 heteroatoms. The number of urea groups is 1. The molecule has 3 amide bonds. The van der Waals surface area contributed by atoms with Crippen molar-refractivity contribution in [2.75, 3.05) is 12.4 Å². The van der Waals surface area contributed by atoms with E-state index in [-0.39, 0.29) is 5.69 Å². The van der Waals surface area contributed by atoms with Gasteiger partial charge in [-0.3, -0.25) is 10.1 Å². The van der Waals surface area contributed by atoms with Crippen molar-refractivity contribution >= 4 is 17.6 Å². The summed E-state index contributed by atoms with van der Waals surface area (Å²) in [6.07, 6.45) is 0. The summed E-state index contributed by atoms with van der Waals surface area (Å²) in [6.45, 7) is 1.37. The molecular formula is C11H12F3N3O2. The van der Waals surface area contributed by atoms with E-state index in [2.05, 4.69) is 10.6 Å². The van der Waals surface area contributed by atoms with Crippen LogP contribution in [-0.4, -0.2) is 25.0 Å². The van der Waals surface area contributed by atoms with Gasteiger partial charge in [-0.25, -0.2) is 18.0 Å². The van der Waals surface area contributed by atoms with Gasteiger partial charge in [0.2, 0.25) is 5.91 Å². The van der Waals surface area contributed by atoms with Gasteiger partial charge in [0.05, 0.1) is 0 Å². The number of rotatable bonds is 3. The SMILES string of the molecule is CNC(=O)NC(=O)C(C)Nc1cc(F)c(F)c(F)c1. The minimum Gasteiger partial charge on any atom is -0.374 e. The number of carbonyl (C=O) groups excluding carboxylic acids is 2. The van der Waals surface area contributed by atoms with Crippen molar-refractivity contribution in [3.05, 3.63) is 29.6 Å². The van der Waals surface area contributed by atoms with Gasteiger partial charge >= 0.3 is 6.03 Å². The van der Waals surface area contributed by atoms with Crippen LogP contribution in [0.2, 0.25) is 0 Å². The average molecular weight is 275 g/mol. The summed E-state index contributed by atoms with van der Waals surface area (Å²) >= 11 is 0. The maximum absolute atomic E-state index is 12.9. The van der Waals surface area contributed by atoms with Crippen LogP contribution < -0.4 is 16.0 Å². The van der Waals surface area contributed by atoms with Gasteiger partial charge in [0, 0.05) is 24.9 Å². The number of carbonyl (C=O) groups is 2. The quantitative estimate of drug-likeness (QED) is 0.729. The Kier molecular flexibility index (Phi) is 4.74. The molecule has 0 bridgehead atoms. The van der Waals surface area contributed by atoms with Crippen LogP contribution in [0.25, 0.3) is 0 Å². The van der Waals surface area contributed by atoms with Crippen LogP contribution in [0.3, 0.4) is 0 Å². The Morgan fingerprint density at radius 2 is 1.68 bits per heavy atom. The molecule has 1 rings (SSSR count). The number of benzene rings is 1. The molecule has 0 aliphatic rings. The fourth-order valence-corrected chi connectivity index (χ4v) is 1.24. The zero-order valence-electron chi connectivity index (χ0n) is 10.2. The van der Waals surface area contributed by atoms with Crippen LogP contribution in [-0.2, 0) is 4.79 Å². The fraction of sp³-hybridized carbons (Fsp3) is 0.273. The highest BCUT2D eigenvalue weighted by atomic mass is 19.2. The van der Waals surface area contributed by atoms with Gasteiger partial charge in [-0.2, -0.15) is 0 Å². The highest BCUT2D eigenvalue weighted by Gasteiger charge is 2.17. The second-order valence-electron chi connectivity index (χ2n) is 3.69. The second kappa shape index (κ2) is 6.07. The Bertz CT molecular complexity index is 485. The number of nitrogens with one attached hydrogen (secondary N) is 3. The van der Waals surface area contributed by atoms with E-state index in [1.165, 1.54) is 14.0 Å². The van der Waals surface area contributed by atoms with Gasteiger partial charge in [0.25, 0.3) is 0 Å². The smallest absolute Gasteiger partial charge is 0.321 e. The predicted molar refractivity (Wildman–Crippen MR) is 62.0 cm³/mol. The minimum absolute atomic E-state index is 0.115. The lowest BCUT2D eigenvalue weighted by atomic mass is 10.2. The maximum Gasteiger partial charge on any atom is 0.321 e. The first-order valence-electron chi connectivity index (χ1n) is 5.28. The second-order valence-corrected chi connectivity index (χ2v) is 3.69. The Morgan fingerprint density at radius 1 is 1.16 bits per heavy atom. The van der Waals surface area contributed by atoms with Gasteiger partial charge < -0.3 is 10.6 Å². The van der Waals surface area contributed by atoms with Crippen molar-refractivity contribution in [3.63, 3.8) is 0 Å². The summed E-state index contributed by atoms with van der Waals surface area (Å²) in [6, 6.07) is -0.235. The maximum atomic E-state index is 12.9. The molecule has 1 aromatic rings. The third kappa shape index (κ3) is 3.87. The average Bonchev–Trinajstić information content (AvgIpc) is 2.35. The van der Waals surface area contributed by atoms with Crippen molar-refractivity contribution in [1.82, 2.24) is 10.6 Å². The molecule has 0 aromatic heterocycles. The third-order valence-electron chi connectivity index (χ3n) is 2.22. The van der Waals surface area contributed by atoms with Crippen molar-refractivity contribution < 1.29 is 22.8 Å². The molecule has 1 unspecified atom stereocenters. The highest BCUT2D eigenvalue weighted by molar-refractivity contribution is 5.97. The summed E-state index contributed by atoms with van der Waals surface area (Å²) in [5, 5.41) is 6.59.